The van der Waals surface area contributed by atoms with Crippen LogP contribution in [0, 0.1) is 18.6 Å². The van der Waals surface area contributed by atoms with Crippen LogP contribution in [0.5, 0.6) is 5.75 Å². The third kappa shape index (κ3) is 3.42. The minimum absolute atomic E-state index is 0.666. The molecule has 1 aromatic heterocycles. The highest BCUT2D eigenvalue weighted by molar-refractivity contribution is 7.71. The molecule has 0 bridgehead atoms. The lowest BCUT2D eigenvalue weighted by Crippen LogP contribution is -2.01. The Morgan fingerprint density at radius 2 is 1.85 bits per heavy atom. The van der Waals surface area contributed by atoms with Crippen molar-refractivity contribution in [1.29, 1.82) is 0 Å². The van der Waals surface area contributed by atoms with E-state index in [0.29, 0.717) is 4.77 Å². The number of benzene rings is 1. The van der Waals surface area contributed by atoms with Gasteiger partial charge in [0, 0.05) is 5.56 Å². The lowest BCUT2D eigenvalue weighted by Gasteiger charge is -2.12. The van der Waals surface area contributed by atoms with E-state index >= 15 is 0 Å². The van der Waals surface area contributed by atoms with Crippen LogP contribution in [0.1, 0.15) is 50.2 Å². The van der Waals surface area contributed by atoms with E-state index < -0.39 is 0 Å². The maximum absolute atomic E-state index is 6.00. The first-order valence-electron chi connectivity index (χ1n) is 7.48. The highest BCUT2D eigenvalue weighted by Gasteiger charge is 2.10. The Balaban J connectivity index is 2.04. The molecule has 0 amide bonds. The molecular formula is C16H24N2OS. The average molecular weight is 292 g/mol. The molecule has 0 spiro atoms. The first kappa shape index (κ1) is 15.1. The Morgan fingerprint density at radius 1 is 1.10 bits per heavy atom. The second kappa shape index (κ2) is 6.93. The molecule has 2 N–H and O–H groups in total. The van der Waals surface area contributed by atoms with E-state index in [1.165, 1.54) is 25.7 Å². The Hall–Kier alpha value is -1.29. The van der Waals surface area contributed by atoms with E-state index in [1.54, 1.807) is 0 Å². The SMILES string of the molecule is CCCCCCCOc1c(C)cc2[nH]c(=S)[nH]c2c1C. The molecule has 0 saturated heterocycles. The molecule has 0 aliphatic heterocycles. The summed E-state index contributed by atoms with van der Waals surface area (Å²) in [6.07, 6.45) is 6.29. The van der Waals surface area contributed by atoms with Crippen molar-refractivity contribution in [3.05, 3.63) is 22.0 Å². The van der Waals surface area contributed by atoms with Crippen molar-refractivity contribution in [3.63, 3.8) is 0 Å². The molecular weight excluding hydrogens is 268 g/mol. The van der Waals surface area contributed by atoms with Gasteiger partial charge in [-0.15, -0.1) is 0 Å². The number of aromatic nitrogens is 2. The number of nitrogens with one attached hydrogen (secondary N) is 2. The highest BCUT2D eigenvalue weighted by atomic mass is 32.1. The fraction of sp³-hybridized carbons (Fsp3) is 0.562. The van der Waals surface area contributed by atoms with Gasteiger partial charge in [0.15, 0.2) is 4.77 Å². The number of hydrogen-bond acceptors (Lipinski definition) is 2. The topological polar surface area (TPSA) is 40.8 Å². The van der Waals surface area contributed by atoms with Gasteiger partial charge in [-0.2, -0.15) is 0 Å². The normalized spacial score (nSPS) is 11.2. The van der Waals surface area contributed by atoms with Crippen LogP contribution in [0.3, 0.4) is 0 Å². The van der Waals surface area contributed by atoms with Gasteiger partial charge in [-0.1, -0.05) is 32.6 Å². The van der Waals surface area contributed by atoms with Crippen molar-refractivity contribution in [1.82, 2.24) is 9.97 Å². The number of fused-ring (bicyclic) bond motifs is 1. The van der Waals surface area contributed by atoms with E-state index in [1.807, 2.05) is 0 Å². The standard InChI is InChI=1S/C16H24N2OS/c1-4-5-6-7-8-9-19-15-11(2)10-13-14(12(15)3)18-16(20)17-13/h10H,4-9H2,1-3H3,(H2,17,18,20). The maximum Gasteiger partial charge on any atom is 0.175 e. The average Bonchev–Trinajstić information content (AvgIpc) is 2.77. The zero-order chi connectivity index (χ0) is 14.5. The number of rotatable bonds is 7. The van der Waals surface area contributed by atoms with Crippen LogP contribution >= 0.6 is 12.2 Å². The second-order valence-electron chi connectivity index (χ2n) is 5.41. The molecule has 4 heteroatoms. The van der Waals surface area contributed by atoms with Crippen molar-refractivity contribution < 1.29 is 4.74 Å². The minimum Gasteiger partial charge on any atom is -0.493 e. The van der Waals surface area contributed by atoms with Gasteiger partial charge < -0.3 is 14.7 Å². The van der Waals surface area contributed by atoms with Gasteiger partial charge in [-0.25, -0.2) is 0 Å². The maximum atomic E-state index is 6.00. The van der Waals surface area contributed by atoms with Crippen molar-refractivity contribution in [2.24, 2.45) is 0 Å². The van der Waals surface area contributed by atoms with Crippen LogP contribution in [0.15, 0.2) is 6.07 Å². The second-order valence-corrected chi connectivity index (χ2v) is 5.82. The monoisotopic (exact) mass is 292 g/mol. The van der Waals surface area contributed by atoms with E-state index in [9.17, 15) is 0 Å². The van der Waals surface area contributed by atoms with Gasteiger partial charge in [0.1, 0.15) is 5.75 Å². The molecule has 20 heavy (non-hydrogen) atoms. The summed E-state index contributed by atoms with van der Waals surface area (Å²) in [6, 6.07) is 2.10. The van der Waals surface area contributed by atoms with Crippen LogP contribution in [-0.2, 0) is 0 Å². The molecule has 0 saturated carbocycles. The van der Waals surface area contributed by atoms with Crippen LogP contribution in [0.25, 0.3) is 11.0 Å². The van der Waals surface area contributed by atoms with Crippen LogP contribution in [-0.4, -0.2) is 16.6 Å². The van der Waals surface area contributed by atoms with Crippen molar-refractivity contribution in [2.45, 2.75) is 52.9 Å². The first-order chi connectivity index (χ1) is 9.63. The van der Waals surface area contributed by atoms with E-state index in [-0.39, 0.29) is 0 Å². The van der Waals surface area contributed by atoms with Gasteiger partial charge >= 0.3 is 0 Å². The number of ether oxygens (including phenoxy) is 1. The number of H-pyrrole nitrogens is 2. The molecule has 0 aliphatic carbocycles. The lowest BCUT2D eigenvalue weighted by molar-refractivity contribution is 0.301. The molecule has 0 unspecified atom stereocenters. The van der Waals surface area contributed by atoms with Crippen LogP contribution < -0.4 is 4.74 Å². The van der Waals surface area contributed by atoms with Gasteiger partial charge in [0.25, 0.3) is 0 Å². The predicted octanol–water partition coefficient (Wildman–Crippen LogP) is 5.19. The summed E-state index contributed by atoms with van der Waals surface area (Å²) in [7, 11) is 0. The van der Waals surface area contributed by atoms with Crippen molar-refractivity contribution in [3.8, 4) is 5.75 Å². The summed E-state index contributed by atoms with van der Waals surface area (Å²) in [5, 5.41) is 0. The molecule has 1 aromatic carbocycles. The summed E-state index contributed by atoms with van der Waals surface area (Å²) >= 11 is 5.15. The zero-order valence-electron chi connectivity index (χ0n) is 12.6. The Bertz CT molecular complexity index is 627. The summed E-state index contributed by atoms with van der Waals surface area (Å²) in [6.45, 7) is 7.20. The van der Waals surface area contributed by atoms with E-state index in [0.717, 1.165) is 40.9 Å². The lowest BCUT2D eigenvalue weighted by atomic mass is 10.1. The minimum atomic E-state index is 0.666. The van der Waals surface area contributed by atoms with Crippen LogP contribution in [0.4, 0.5) is 0 Å². The molecule has 0 fully saturated rings. The summed E-state index contributed by atoms with van der Waals surface area (Å²) in [5.74, 6) is 0.998. The number of imidazole rings is 1. The summed E-state index contributed by atoms with van der Waals surface area (Å²) in [4.78, 5) is 6.35. The largest absolute Gasteiger partial charge is 0.493 e. The van der Waals surface area contributed by atoms with Gasteiger partial charge in [0.2, 0.25) is 0 Å². The third-order valence-corrected chi connectivity index (χ3v) is 3.89. The number of aromatic amines is 2. The Labute approximate surface area is 125 Å². The summed E-state index contributed by atoms with van der Waals surface area (Å²) in [5.41, 5.74) is 4.41. The first-order valence-corrected chi connectivity index (χ1v) is 7.89. The predicted molar refractivity (Wildman–Crippen MR) is 87.2 cm³/mol. The van der Waals surface area contributed by atoms with Crippen molar-refractivity contribution >= 4 is 23.3 Å². The molecule has 0 aliphatic rings. The molecule has 0 radical (unpaired) electrons. The number of unbranched alkanes of at least 4 members (excludes halogenated alkanes) is 4. The Morgan fingerprint density at radius 3 is 2.60 bits per heavy atom. The van der Waals surface area contributed by atoms with Crippen LogP contribution in [0.2, 0.25) is 0 Å². The molecule has 2 rings (SSSR count). The molecule has 0 atom stereocenters. The Kier molecular flexibility index (Phi) is 5.24. The molecule has 2 aromatic rings. The third-order valence-electron chi connectivity index (χ3n) is 3.68. The van der Waals surface area contributed by atoms with E-state index in [4.69, 9.17) is 17.0 Å². The van der Waals surface area contributed by atoms with Gasteiger partial charge in [-0.05, 0) is 44.1 Å². The molecule has 3 nitrogen and oxygen atoms in total. The highest BCUT2D eigenvalue weighted by Crippen LogP contribution is 2.29. The quantitative estimate of drug-likeness (QED) is 0.544. The van der Waals surface area contributed by atoms with E-state index in [2.05, 4.69) is 36.8 Å². The molecule has 110 valence electrons. The fourth-order valence-electron chi connectivity index (χ4n) is 2.59. The smallest absolute Gasteiger partial charge is 0.175 e. The van der Waals surface area contributed by atoms with Gasteiger partial charge in [-0.3, -0.25) is 0 Å². The number of hydrogen-bond donors (Lipinski definition) is 2. The van der Waals surface area contributed by atoms with Gasteiger partial charge in [0.05, 0.1) is 17.6 Å². The fourth-order valence-corrected chi connectivity index (χ4v) is 2.81. The number of aryl methyl sites for hydroxylation is 2. The zero-order valence-corrected chi connectivity index (χ0v) is 13.5. The molecule has 1 heterocycles. The summed E-state index contributed by atoms with van der Waals surface area (Å²) < 4.78 is 6.66. The van der Waals surface area contributed by atoms with Crippen molar-refractivity contribution in [2.75, 3.05) is 6.61 Å².